The lowest BCUT2D eigenvalue weighted by molar-refractivity contribution is -0.160. The van der Waals surface area contributed by atoms with Gasteiger partial charge in [0.05, 0.1) is 0 Å². The van der Waals surface area contributed by atoms with Crippen molar-refractivity contribution < 1.29 is 19.1 Å². The quantitative estimate of drug-likeness (QED) is 0.185. The molecule has 4 aliphatic rings. The Hall–Kier alpha value is -1.72. The zero-order valence-corrected chi connectivity index (χ0v) is 27.2. The third kappa shape index (κ3) is 6.53. The van der Waals surface area contributed by atoms with Gasteiger partial charge in [-0.25, -0.2) is 0 Å². The Morgan fingerprint density at radius 2 is 1.67 bits per heavy atom. The van der Waals surface area contributed by atoms with Crippen LogP contribution in [0.2, 0.25) is 0 Å². The van der Waals surface area contributed by atoms with Gasteiger partial charge in [-0.05, 0) is 111 Å². The van der Waals surface area contributed by atoms with Crippen molar-refractivity contribution in [3.8, 4) is 0 Å². The molecule has 0 spiro atoms. The van der Waals surface area contributed by atoms with Gasteiger partial charge in [0.25, 0.3) is 0 Å². The molecule has 0 amide bonds. The van der Waals surface area contributed by atoms with Crippen molar-refractivity contribution in [2.75, 3.05) is 29.7 Å². The fraction of sp³-hybridized carbons (Fsp3) is 0.714. The first-order chi connectivity index (χ1) is 20.2. The maximum atomic E-state index is 12.8. The van der Waals surface area contributed by atoms with Crippen molar-refractivity contribution in [3.63, 3.8) is 0 Å². The lowest BCUT2D eigenvalue weighted by Crippen LogP contribution is -2.53. The van der Waals surface area contributed by atoms with Crippen LogP contribution < -0.4 is 4.90 Å². The summed E-state index contributed by atoms with van der Waals surface area (Å²) in [7, 11) is 0. The van der Waals surface area contributed by atoms with E-state index in [1.165, 1.54) is 31.2 Å². The Kier molecular flexibility index (Phi) is 10.2. The maximum absolute atomic E-state index is 12.8. The molecule has 5 nitrogen and oxygen atoms in total. The number of esters is 2. The summed E-state index contributed by atoms with van der Waals surface area (Å²) < 4.78 is 11.8. The number of hydrogen-bond donors (Lipinski definition) is 0. The Bertz CT molecular complexity index is 1130. The standard InChI is InChI=1S/C35H49Cl2NO4/c1-24(39)41-32-14-13-30-29-12-9-26-23-28(15-17-34(26,2)31(29)16-18-35(30,32)3)42-33(40)6-4-5-25-7-10-27(11-8-25)38(21-19-36)22-20-37/h7-8,10-11,15,26,29-32H,4-6,9,12-14,16-23H2,1-3H3/t26?,29-,30-,31-,32-,34-,35-/m0/s1. The molecule has 1 unspecified atom stereocenters. The van der Waals surface area contributed by atoms with Gasteiger partial charge in [-0.2, -0.15) is 0 Å². The molecule has 0 bridgehead atoms. The summed E-state index contributed by atoms with van der Waals surface area (Å²) in [6, 6.07) is 8.49. The first kappa shape index (κ1) is 31.7. The van der Waals surface area contributed by atoms with Crippen molar-refractivity contribution in [3.05, 3.63) is 41.7 Å². The van der Waals surface area contributed by atoms with Gasteiger partial charge in [-0.3, -0.25) is 9.59 Å². The van der Waals surface area contributed by atoms with E-state index >= 15 is 0 Å². The van der Waals surface area contributed by atoms with Crippen LogP contribution in [-0.4, -0.2) is 42.9 Å². The highest BCUT2D eigenvalue weighted by atomic mass is 35.5. The smallest absolute Gasteiger partial charge is 0.310 e. The van der Waals surface area contributed by atoms with Crippen molar-refractivity contribution in [2.45, 2.75) is 97.5 Å². The number of alkyl halides is 2. The van der Waals surface area contributed by atoms with Gasteiger partial charge in [0.2, 0.25) is 0 Å². The second-order valence-corrected chi connectivity index (χ2v) is 14.6. The average molecular weight is 619 g/mol. The molecule has 7 atom stereocenters. The monoisotopic (exact) mass is 617 g/mol. The van der Waals surface area contributed by atoms with Gasteiger partial charge in [-0.1, -0.05) is 26.0 Å². The number of allylic oxidation sites excluding steroid dienone is 2. The molecule has 0 radical (unpaired) electrons. The topological polar surface area (TPSA) is 55.8 Å². The molecule has 0 aromatic heterocycles. The van der Waals surface area contributed by atoms with Crippen LogP contribution in [0.25, 0.3) is 0 Å². The van der Waals surface area contributed by atoms with Crippen LogP contribution in [0.15, 0.2) is 36.1 Å². The van der Waals surface area contributed by atoms with Crippen LogP contribution in [0.4, 0.5) is 5.69 Å². The van der Waals surface area contributed by atoms with Gasteiger partial charge in [0, 0.05) is 55.7 Å². The van der Waals surface area contributed by atoms with Gasteiger partial charge in [-0.15, -0.1) is 23.2 Å². The van der Waals surface area contributed by atoms with E-state index in [0.717, 1.165) is 63.1 Å². The molecule has 1 aromatic rings. The summed E-state index contributed by atoms with van der Waals surface area (Å²) in [6.07, 6.45) is 13.2. The molecule has 5 rings (SSSR count). The van der Waals surface area contributed by atoms with Gasteiger partial charge in [0.1, 0.15) is 11.9 Å². The van der Waals surface area contributed by atoms with Crippen LogP contribution in [0.1, 0.15) is 90.5 Å². The van der Waals surface area contributed by atoms with Crippen LogP contribution in [0.3, 0.4) is 0 Å². The molecule has 0 saturated heterocycles. The van der Waals surface area contributed by atoms with Crippen LogP contribution in [0, 0.1) is 34.5 Å². The zero-order valence-electron chi connectivity index (χ0n) is 25.7. The van der Waals surface area contributed by atoms with Crippen molar-refractivity contribution >= 4 is 40.8 Å². The number of anilines is 1. The zero-order chi connectivity index (χ0) is 29.9. The Labute approximate surface area is 262 Å². The Morgan fingerprint density at radius 3 is 2.36 bits per heavy atom. The van der Waals surface area contributed by atoms with Crippen molar-refractivity contribution in [1.29, 1.82) is 0 Å². The molecule has 0 aliphatic heterocycles. The molecule has 4 aliphatic carbocycles. The first-order valence-corrected chi connectivity index (χ1v) is 17.3. The summed E-state index contributed by atoms with van der Waals surface area (Å²) in [6.45, 7) is 7.98. The van der Waals surface area contributed by atoms with Crippen molar-refractivity contribution in [1.82, 2.24) is 0 Å². The highest BCUT2D eigenvalue weighted by Gasteiger charge is 2.60. The van der Waals surface area contributed by atoms with E-state index in [-0.39, 0.29) is 28.9 Å². The highest BCUT2D eigenvalue weighted by molar-refractivity contribution is 6.18. The number of benzene rings is 1. The minimum absolute atomic E-state index is 0.0793. The Balaban J connectivity index is 1.12. The van der Waals surface area contributed by atoms with Gasteiger partial charge in [0.15, 0.2) is 0 Å². The number of nitrogens with zero attached hydrogens (tertiary/aromatic N) is 1. The second kappa shape index (κ2) is 13.5. The second-order valence-electron chi connectivity index (χ2n) is 13.8. The van der Waals surface area contributed by atoms with E-state index in [9.17, 15) is 9.59 Å². The minimum atomic E-state index is -0.137. The molecule has 0 N–H and O–H groups in total. The molecule has 7 heteroatoms. The minimum Gasteiger partial charge on any atom is -0.462 e. The summed E-state index contributed by atoms with van der Waals surface area (Å²) >= 11 is 11.9. The molecule has 232 valence electrons. The number of fused-ring (bicyclic) bond motifs is 5. The normalized spacial score (nSPS) is 33.5. The van der Waals surface area contributed by atoms with E-state index < -0.39 is 0 Å². The molecule has 1 aromatic carbocycles. The molecular weight excluding hydrogens is 569 g/mol. The molecule has 42 heavy (non-hydrogen) atoms. The van der Waals surface area contributed by atoms with E-state index in [1.54, 1.807) is 6.92 Å². The molecule has 3 saturated carbocycles. The number of ether oxygens (including phenoxy) is 2. The largest absolute Gasteiger partial charge is 0.462 e. The lowest BCUT2D eigenvalue weighted by atomic mass is 9.46. The third-order valence-corrected chi connectivity index (χ3v) is 11.9. The maximum Gasteiger partial charge on any atom is 0.310 e. The molecular formula is C35H49Cl2NO4. The number of carbonyl (C=O) groups excluding carboxylic acids is 2. The predicted molar refractivity (Wildman–Crippen MR) is 170 cm³/mol. The number of rotatable bonds is 11. The van der Waals surface area contributed by atoms with E-state index in [2.05, 4.69) is 49.1 Å². The Morgan fingerprint density at radius 1 is 0.952 bits per heavy atom. The summed E-state index contributed by atoms with van der Waals surface area (Å²) in [5.74, 6) is 4.40. The fourth-order valence-corrected chi connectivity index (χ4v) is 9.77. The number of halogens is 2. The molecule has 0 heterocycles. The molecule has 3 fully saturated rings. The number of hydrogen-bond acceptors (Lipinski definition) is 5. The number of aryl methyl sites for hydroxylation is 1. The van der Waals surface area contributed by atoms with Gasteiger partial charge < -0.3 is 14.4 Å². The van der Waals surface area contributed by atoms with Crippen molar-refractivity contribution in [2.24, 2.45) is 34.5 Å². The predicted octanol–water partition coefficient (Wildman–Crippen LogP) is 8.30. The average Bonchev–Trinajstić information content (AvgIpc) is 3.29. The SMILES string of the molecule is CC(=O)O[C@H]1CC[C@H]2[C@@H]3CCC4CC(OC(=O)CCCc5ccc(N(CCCl)CCCl)cc5)=CC[C@]4(C)[C@H]3CC[C@]12C. The van der Waals surface area contributed by atoms with E-state index in [4.69, 9.17) is 32.7 Å². The third-order valence-electron chi connectivity index (χ3n) is 11.6. The highest BCUT2D eigenvalue weighted by Crippen LogP contribution is 2.66. The summed E-state index contributed by atoms with van der Waals surface area (Å²) in [5.41, 5.74) is 2.73. The fourth-order valence-electron chi connectivity index (χ4n) is 9.36. The van der Waals surface area contributed by atoms with Crippen LogP contribution in [0.5, 0.6) is 0 Å². The summed E-state index contributed by atoms with van der Waals surface area (Å²) in [4.78, 5) is 26.7. The lowest BCUT2D eigenvalue weighted by Gasteiger charge is -2.59. The van der Waals surface area contributed by atoms with E-state index in [1.807, 2.05) is 0 Å². The summed E-state index contributed by atoms with van der Waals surface area (Å²) in [5, 5.41) is 0. The number of carbonyl (C=O) groups is 2. The van der Waals surface area contributed by atoms with Crippen LogP contribution in [-0.2, 0) is 25.5 Å². The van der Waals surface area contributed by atoms with Gasteiger partial charge >= 0.3 is 11.9 Å². The first-order valence-electron chi connectivity index (χ1n) is 16.2. The van der Waals surface area contributed by atoms with E-state index in [0.29, 0.717) is 41.9 Å². The van der Waals surface area contributed by atoms with Crippen LogP contribution >= 0.6 is 23.2 Å².